The molecule has 1 amide bonds. The highest BCUT2D eigenvalue weighted by atomic mass is 16.5. The number of rotatable bonds is 5. The molecule has 2 aliphatic rings. The first kappa shape index (κ1) is 21.4. The number of amides is 1. The maximum atomic E-state index is 12.7. The molecular weight excluding hydrogens is 396 g/mol. The molecule has 1 saturated heterocycles. The van der Waals surface area contributed by atoms with Crippen molar-refractivity contribution >= 4 is 11.7 Å². The van der Waals surface area contributed by atoms with Gasteiger partial charge in [-0.3, -0.25) is 4.79 Å². The number of likely N-dealkylation sites (N-methyl/N-ethyl adjacent to an activating group) is 1. The predicted octanol–water partition coefficient (Wildman–Crippen LogP) is 2.74. The van der Waals surface area contributed by atoms with Crippen LogP contribution in [0.5, 0.6) is 11.6 Å². The van der Waals surface area contributed by atoms with Gasteiger partial charge < -0.3 is 24.4 Å². The lowest BCUT2D eigenvalue weighted by molar-refractivity contribution is -0.00226. The van der Waals surface area contributed by atoms with E-state index >= 15 is 0 Å². The van der Waals surface area contributed by atoms with Crippen molar-refractivity contribution in [3.63, 3.8) is 0 Å². The molecule has 1 atom stereocenters. The average molecular weight is 427 g/mol. The molecule has 4 rings (SSSR count). The summed E-state index contributed by atoms with van der Waals surface area (Å²) in [5.74, 6) is 2.08. The van der Waals surface area contributed by atoms with Crippen molar-refractivity contribution < 1.29 is 19.4 Å². The lowest BCUT2D eigenvalue weighted by Gasteiger charge is -2.35. The van der Waals surface area contributed by atoms with Crippen molar-refractivity contribution in [3.05, 3.63) is 41.2 Å². The van der Waals surface area contributed by atoms with E-state index < -0.39 is 11.6 Å². The maximum absolute atomic E-state index is 12.7. The van der Waals surface area contributed by atoms with E-state index in [9.17, 15) is 9.90 Å². The monoisotopic (exact) mass is 426 g/mol. The third-order valence-corrected chi connectivity index (χ3v) is 6.04. The molecule has 31 heavy (non-hydrogen) atoms. The minimum absolute atomic E-state index is 0.0931. The van der Waals surface area contributed by atoms with Crippen molar-refractivity contribution in [2.45, 2.75) is 51.4 Å². The van der Waals surface area contributed by atoms with Crippen LogP contribution >= 0.6 is 0 Å². The van der Waals surface area contributed by atoms with Gasteiger partial charge in [0.05, 0.1) is 30.2 Å². The lowest BCUT2D eigenvalue weighted by Crippen LogP contribution is -2.40. The number of nitrogens with zero attached hydrogens (tertiary/aromatic N) is 4. The molecule has 2 aromatic rings. The SMILES string of the molecule is COc1ccc(OC2CCN(c3nc4c(cc3C)C(=O)N(C)[C@@H]4C(C)(C)O)CC2)cn1. The third-order valence-electron chi connectivity index (χ3n) is 6.04. The molecular formula is C23H30N4O4. The quantitative estimate of drug-likeness (QED) is 0.786. The Morgan fingerprint density at radius 2 is 1.94 bits per heavy atom. The Morgan fingerprint density at radius 3 is 2.52 bits per heavy atom. The van der Waals surface area contributed by atoms with Crippen LogP contribution in [0.2, 0.25) is 0 Å². The number of ether oxygens (including phenoxy) is 2. The van der Waals surface area contributed by atoms with Gasteiger partial charge >= 0.3 is 0 Å². The highest BCUT2D eigenvalue weighted by Crippen LogP contribution is 2.40. The van der Waals surface area contributed by atoms with Crippen molar-refractivity contribution in [3.8, 4) is 11.6 Å². The molecule has 0 aromatic carbocycles. The Bertz CT molecular complexity index is 963. The van der Waals surface area contributed by atoms with Gasteiger partial charge in [0.2, 0.25) is 5.88 Å². The summed E-state index contributed by atoms with van der Waals surface area (Å²) in [7, 11) is 3.31. The number of methoxy groups -OCH3 is 1. The van der Waals surface area contributed by atoms with Crippen LogP contribution in [-0.4, -0.2) is 64.8 Å². The minimum Gasteiger partial charge on any atom is -0.489 e. The first-order valence-electron chi connectivity index (χ1n) is 10.6. The van der Waals surface area contributed by atoms with Crippen LogP contribution in [0.3, 0.4) is 0 Å². The number of aliphatic hydroxyl groups is 1. The molecule has 2 aliphatic heterocycles. The molecule has 4 heterocycles. The number of hydrogen-bond donors (Lipinski definition) is 1. The first-order chi connectivity index (χ1) is 14.7. The summed E-state index contributed by atoms with van der Waals surface area (Å²) in [6.45, 7) is 7.03. The maximum Gasteiger partial charge on any atom is 0.256 e. The summed E-state index contributed by atoms with van der Waals surface area (Å²) in [6, 6.07) is 5.11. The normalized spacial score (nSPS) is 19.5. The van der Waals surface area contributed by atoms with Gasteiger partial charge in [0, 0.05) is 39.0 Å². The molecule has 1 N–H and O–H groups in total. The molecule has 0 radical (unpaired) electrons. The van der Waals surface area contributed by atoms with Gasteiger partial charge in [-0.1, -0.05) is 0 Å². The summed E-state index contributed by atoms with van der Waals surface area (Å²) < 4.78 is 11.2. The number of carbonyl (C=O) groups is 1. The predicted molar refractivity (Wildman–Crippen MR) is 117 cm³/mol. The zero-order valence-corrected chi connectivity index (χ0v) is 18.8. The van der Waals surface area contributed by atoms with E-state index in [2.05, 4.69) is 9.88 Å². The van der Waals surface area contributed by atoms with Gasteiger partial charge in [-0.2, -0.15) is 0 Å². The summed E-state index contributed by atoms with van der Waals surface area (Å²) in [6.07, 6.45) is 3.51. The van der Waals surface area contributed by atoms with E-state index in [-0.39, 0.29) is 12.0 Å². The van der Waals surface area contributed by atoms with Crippen molar-refractivity contribution in [2.75, 3.05) is 32.1 Å². The van der Waals surface area contributed by atoms with E-state index in [0.717, 1.165) is 43.1 Å². The van der Waals surface area contributed by atoms with Gasteiger partial charge in [0.1, 0.15) is 23.7 Å². The highest BCUT2D eigenvalue weighted by Gasteiger charge is 2.44. The van der Waals surface area contributed by atoms with Crippen LogP contribution in [0.25, 0.3) is 0 Å². The second kappa shape index (κ2) is 8.00. The van der Waals surface area contributed by atoms with Crippen LogP contribution < -0.4 is 14.4 Å². The molecule has 0 aliphatic carbocycles. The largest absolute Gasteiger partial charge is 0.489 e. The Morgan fingerprint density at radius 1 is 1.23 bits per heavy atom. The molecule has 0 bridgehead atoms. The van der Waals surface area contributed by atoms with Gasteiger partial charge in [0.15, 0.2) is 0 Å². The van der Waals surface area contributed by atoms with Crippen LogP contribution in [-0.2, 0) is 0 Å². The topological polar surface area (TPSA) is 88.0 Å². The second-order valence-electron chi connectivity index (χ2n) is 8.87. The van der Waals surface area contributed by atoms with E-state index in [1.807, 2.05) is 19.1 Å². The second-order valence-corrected chi connectivity index (χ2v) is 8.87. The minimum atomic E-state index is -1.08. The van der Waals surface area contributed by atoms with Gasteiger partial charge in [-0.25, -0.2) is 9.97 Å². The van der Waals surface area contributed by atoms with E-state index in [0.29, 0.717) is 17.1 Å². The van der Waals surface area contributed by atoms with Gasteiger partial charge in [-0.15, -0.1) is 0 Å². The van der Waals surface area contributed by atoms with E-state index in [1.165, 1.54) is 0 Å². The highest BCUT2D eigenvalue weighted by molar-refractivity contribution is 5.99. The molecule has 8 heteroatoms. The Balaban J connectivity index is 1.49. The summed E-state index contributed by atoms with van der Waals surface area (Å²) in [5, 5.41) is 10.7. The van der Waals surface area contributed by atoms with Crippen LogP contribution in [0.1, 0.15) is 54.3 Å². The number of piperidine rings is 1. The van der Waals surface area contributed by atoms with Crippen LogP contribution in [0, 0.1) is 6.92 Å². The Kier molecular flexibility index (Phi) is 5.51. The first-order valence-corrected chi connectivity index (χ1v) is 10.6. The molecule has 8 nitrogen and oxygen atoms in total. The molecule has 0 saturated carbocycles. The molecule has 2 aromatic heterocycles. The molecule has 0 spiro atoms. The number of fused-ring (bicyclic) bond motifs is 1. The van der Waals surface area contributed by atoms with Crippen molar-refractivity contribution in [1.29, 1.82) is 0 Å². The van der Waals surface area contributed by atoms with E-state index in [4.69, 9.17) is 14.5 Å². The fourth-order valence-electron chi connectivity index (χ4n) is 4.55. The Hall–Kier alpha value is -2.87. The number of anilines is 1. The third kappa shape index (κ3) is 4.04. The van der Waals surface area contributed by atoms with E-state index in [1.54, 1.807) is 45.2 Å². The number of hydrogen-bond acceptors (Lipinski definition) is 7. The lowest BCUT2D eigenvalue weighted by atomic mass is 9.95. The van der Waals surface area contributed by atoms with Crippen molar-refractivity contribution in [1.82, 2.24) is 14.9 Å². The van der Waals surface area contributed by atoms with Gasteiger partial charge in [0.25, 0.3) is 5.91 Å². The number of aryl methyl sites for hydroxylation is 1. The zero-order valence-electron chi connectivity index (χ0n) is 18.8. The van der Waals surface area contributed by atoms with Crippen molar-refractivity contribution in [2.24, 2.45) is 0 Å². The summed E-state index contributed by atoms with van der Waals surface area (Å²) in [5.41, 5.74) is 1.13. The average Bonchev–Trinajstić information content (AvgIpc) is 2.98. The number of carbonyl (C=O) groups excluding carboxylic acids is 1. The van der Waals surface area contributed by atoms with Crippen LogP contribution in [0.15, 0.2) is 24.4 Å². The Labute approximate surface area is 182 Å². The number of pyridine rings is 2. The van der Waals surface area contributed by atoms with Gasteiger partial charge in [-0.05, 0) is 38.5 Å². The molecule has 1 fully saturated rings. The molecule has 0 unspecified atom stereocenters. The number of aromatic nitrogens is 2. The smallest absolute Gasteiger partial charge is 0.256 e. The fraction of sp³-hybridized carbons (Fsp3) is 0.522. The van der Waals surface area contributed by atoms with Crippen LogP contribution in [0.4, 0.5) is 5.82 Å². The molecule has 166 valence electrons. The standard InChI is InChI=1S/C23H30N4O4/c1-14-12-17-19(20(23(2,3)29)26(4)22(17)28)25-21(14)27-10-8-15(9-11-27)31-16-6-7-18(30-5)24-13-16/h6-7,12-13,15,20,29H,8-11H2,1-5H3/t20-/m0/s1. The summed E-state index contributed by atoms with van der Waals surface area (Å²) in [4.78, 5) is 25.6. The summed E-state index contributed by atoms with van der Waals surface area (Å²) >= 11 is 0. The fourth-order valence-corrected chi connectivity index (χ4v) is 4.55. The zero-order chi connectivity index (χ0) is 22.3.